The smallest absolute Gasteiger partial charge is 0.338 e. The summed E-state index contributed by atoms with van der Waals surface area (Å²) in [5.41, 5.74) is 0.490. The molecule has 27 heavy (non-hydrogen) atoms. The Morgan fingerprint density at radius 2 is 1.52 bits per heavy atom. The first kappa shape index (κ1) is 23.2. The lowest BCUT2D eigenvalue weighted by molar-refractivity contribution is -0.896. The molecule has 0 bridgehead atoms. The molecule has 2 N–H and O–H groups in total. The van der Waals surface area contributed by atoms with Gasteiger partial charge in [-0.3, -0.25) is 0 Å². The minimum absolute atomic E-state index is 0.318. The van der Waals surface area contributed by atoms with Crippen molar-refractivity contribution in [3.63, 3.8) is 0 Å². The van der Waals surface area contributed by atoms with Crippen molar-refractivity contribution in [2.24, 2.45) is 0 Å². The molecule has 1 rings (SSSR count). The van der Waals surface area contributed by atoms with E-state index in [2.05, 4.69) is 27.7 Å². The summed E-state index contributed by atoms with van der Waals surface area (Å²) in [6.07, 6.45) is 0.870. The third-order valence-corrected chi connectivity index (χ3v) is 5.02. The molecule has 1 aromatic rings. The van der Waals surface area contributed by atoms with Crippen LogP contribution < -0.4 is 19.3 Å². The minimum atomic E-state index is -0.318. The van der Waals surface area contributed by atoms with Gasteiger partial charge in [0, 0.05) is 6.42 Å². The molecule has 0 aliphatic carbocycles. The first-order valence-electron chi connectivity index (χ1n) is 10.2. The van der Waals surface area contributed by atoms with Crippen molar-refractivity contribution in [2.45, 2.75) is 34.1 Å². The summed E-state index contributed by atoms with van der Waals surface area (Å²) in [5, 5.41) is 0. The Kier molecular flexibility index (Phi) is 11.5. The molecule has 0 spiro atoms. The lowest BCUT2D eigenvalue weighted by Gasteiger charge is -2.17. The summed E-state index contributed by atoms with van der Waals surface area (Å²) in [6, 6.07) is 5.21. The van der Waals surface area contributed by atoms with Gasteiger partial charge in [-0.2, -0.15) is 0 Å². The molecule has 6 nitrogen and oxygen atoms in total. The maximum absolute atomic E-state index is 12.3. The third-order valence-electron chi connectivity index (χ3n) is 5.02. The predicted octanol–water partition coefficient (Wildman–Crippen LogP) is 0.470. The Hall–Kier alpha value is -1.79. The average Bonchev–Trinajstić information content (AvgIpc) is 2.71. The van der Waals surface area contributed by atoms with E-state index in [-0.39, 0.29) is 5.97 Å². The monoisotopic (exact) mass is 382 g/mol. The Morgan fingerprint density at radius 1 is 0.889 bits per heavy atom. The van der Waals surface area contributed by atoms with Gasteiger partial charge in [0.15, 0.2) is 11.5 Å². The fourth-order valence-corrected chi connectivity index (χ4v) is 3.00. The molecular formula is C21H38N2O4+2. The maximum Gasteiger partial charge on any atom is 0.338 e. The predicted molar refractivity (Wildman–Crippen MR) is 107 cm³/mol. The zero-order valence-corrected chi connectivity index (χ0v) is 17.7. The molecule has 0 aliphatic heterocycles. The van der Waals surface area contributed by atoms with Crippen LogP contribution in [0.25, 0.3) is 0 Å². The van der Waals surface area contributed by atoms with E-state index in [0.29, 0.717) is 30.3 Å². The van der Waals surface area contributed by atoms with E-state index >= 15 is 0 Å². The Bertz CT molecular complexity index is 543. The molecule has 1 aromatic carbocycles. The number of ether oxygens (including phenoxy) is 3. The van der Waals surface area contributed by atoms with Gasteiger partial charge in [0.05, 0.1) is 52.0 Å². The molecule has 0 atom stereocenters. The molecular weight excluding hydrogens is 344 g/mol. The standard InChI is InChI=1S/C21H36N2O4/c1-6-22(7-2)13-10-15-27-21(24)18-11-12-19(20(17-18)25-5)26-16-14-23(8-3)9-4/h11-12,17H,6-10,13-16H2,1-5H3/p+2. The van der Waals surface area contributed by atoms with Crippen LogP contribution in [0.2, 0.25) is 0 Å². The maximum atomic E-state index is 12.3. The Balaban J connectivity index is 2.53. The molecule has 154 valence electrons. The highest BCUT2D eigenvalue weighted by molar-refractivity contribution is 5.90. The van der Waals surface area contributed by atoms with E-state index in [4.69, 9.17) is 14.2 Å². The van der Waals surface area contributed by atoms with E-state index in [9.17, 15) is 4.79 Å². The first-order chi connectivity index (χ1) is 13.1. The van der Waals surface area contributed by atoms with Crippen LogP contribution >= 0.6 is 0 Å². The van der Waals surface area contributed by atoms with E-state index < -0.39 is 0 Å². The van der Waals surface area contributed by atoms with E-state index in [1.807, 2.05) is 0 Å². The van der Waals surface area contributed by atoms with Crippen LogP contribution in [0.4, 0.5) is 0 Å². The quantitative estimate of drug-likeness (QED) is 0.363. The van der Waals surface area contributed by atoms with Crippen molar-refractivity contribution in [3.8, 4) is 11.5 Å². The second-order valence-corrected chi connectivity index (χ2v) is 6.62. The second kappa shape index (κ2) is 13.4. The number of esters is 1. The van der Waals surface area contributed by atoms with E-state index in [0.717, 1.165) is 45.7 Å². The van der Waals surface area contributed by atoms with Gasteiger partial charge in [0.2, 0.25) is 0 Å². The van der Waals surface area contributed by atoms with Gasteiger partial charge in [-0.15, -0.1) is 0 Å². The largest absolute Gasteiger partial charge is 0.493 e. The number of carbonyl (C=O) groups is 1. The molecule has 0 saturated carbocycles. The third kappa shape index (κ3) is 8.18. The van der Waals surface area contributed by atoms with Crippen molar-refractivity contribution in [2.75, 3.05) is 59.6 Å². The highest BCUT2D eigenvalue weighted by atomic mass is 16.5. The van der Waals surface area contributed by atoms with Crippen LogP contribution in [0.1, 0.15) is 44.5 Å². The summed E-state index contributed by atoms with van der Waals surface area (Å²) in [7, 11) is 1.58. The zero-order chi connectivity index (χ0) is 20.1. The normalized spacial score (nSPS) is 11.1. The zero-order valence-electron chi connectivity index (χ0n) is 17.7. The Morgan fingerprint density at radius 3 is 2.11 bits per heavy atom. The summed E-state index contributed by atoms with van der Waals surface area (Å²) >= 11 is 0. The number of likely N-dealkylation sites (N-methyl/N-ethyl adjacent to an activating group) is 1. The van der Waals surface area contributed by atoms with Crippen LogP contribution in [-0.2, 0) is 4.74 Å². The van der Waals surface area contributed by atoms with Gasteiger partial charge < -0.3 is 24.0 Å². The van der Waals surface area contributed by atoms with Crippen molar-refractivity contribution in [1.82, 2.24) is 0 Å². The molecule has 0 aliphatic rings. The van der Waals surface area contributed by atoms with Crippen LogP contribution in [0.3, 0.4) is 0 Å². The average molecular weight is 383 g/mol. The van der Waals surface area contributed by atoms with Crippen LogP contribution in [-0.4, -0.2) is 65.6 Å². The second-order valence-electron chi connectivity index (χ2n) is 6.62. The lowest BCUT2D eigenvalue weighted by Crippen LogP contribution is -3.12. The van der Waals surface area contributed by atoms with Gasteiger partial charge in [0.25, 0.3) is 0 Å². The van der Waals surface area contributed by atoms with Crippen LogP contribution in [0, 0.1) is 0 Å². The summed E-state index contributed by atoms with van der Waals surface area (Å²) in [5.74, 6) is 0.902. The lowest BCUT2D eigenvalue weighted by atomic mass is 10.2. The van der Waals surface area contributed by atoms with Gasteiger partial charge >= 0.3 is 5.97 Å². The minimum Gasteiger partial charge on any atom is -0.493 e. The number of hydrogen-bond acceptors (Lipinski definition) is 4. The van der Waals surface area contributed by atoms with Crippen LogP contribution in [0.5, 0.6) is 11.5 Å². The Labute approximate surface area is 164 Å². The van der Waals surface area contributed by atoms with Gasteiger partial charge in [-0.1, -0.05) is 0 Å². The number of nitrogens with one attached hydrogen (secondary N) is 2. The molecule has 0 saturated heterocycles. The fraction of sp³-hybridized carbons (Fsp3) is 0.667. The highest BCUT2D eigenvalue weighted by Crippen LogP contribution is 2.28. The summed E-state index contributed by atoms with van der Waals surface area (Å²) < 4.78 is 16.6. The SMILES string of the molecule is CC[NH+](CC)CCCOC(=O)c1ccc(OCC[NH+](CC)CC)c(OC)c1. The van der Waals surface area contributed by atoms with Gasteiger partial charge in [-0.25, -0.2) is 4.79 Å². The molecule has 0 fully saturated rings. The first-order valence-corrected chi connectivity index (χ1v) is 10.2. The van der Waals surface area contributed by atoms with Crippen molar-refractivity contribution in [1.29, 1.82) is 0 Å². The number of benzene rings is 1. The highest BCUT2D eigenvalue weighted by Gasteiger charge is 2.13. The number of quaternary nitrogens is 2. The van der Waals surface area contributed by atoms with Gasteiger partial charge in [-0.05, 0) is 45.9 Å². The molecule has 0 radical (unpaired) electrons. The van der Waals surface area contributed by atoms with Crippen molar-refractivity contribution >= 4 is 5.97 Å². The fourth-order valence-electron chi connectivity index (χ4n) is 3.00. The van der Waals surface area contributed by atoms with E-state index in [1.54, 1.807) is 25.3 Å². The summed E-state index contributed by atoms with van der Waals surface area (Å²) in [6.45, 7) is 16.0. The van der Waals surface area contributed by atoms with E-state index in [1.165, 1.54) is 9.80 Å². The number of hydrogen-bond donors (Lipinski definition) is 2. The molecule has 6 heteroatoms. The molecule has 0 unspecified atom stereocenters. The molecule has 0 amide bonds. The van der Waals surface area contributed by atoms with Crippen molar-refractivity contribution < 1.29 is 28.8 Å². The number of rotatable bonds is 14. The number of methoxy groups -OCH3 is 1. The molecule has 0 aromatic heterocycles. The number of carbonyl (C=O) groups excluding carboxylic acids is 1. The van der Waals surface area contributed by atoms with Gasteiger partial charge in [0.1, 0.15) is 13.2 Å². The van der Waals surface area contributed by atoms with Crippen molar-refractivity contribution in [3.05, 3.63) is 23.8 Å². The summed E-state index contributed by atoms with van der Waals surface area (Å²) in [4.78, 5) is 15.3. The topological polar surface area (TPSA) is 53.6 Å². The molecule has 0 heterocycles. The van der Waals surface area contributed by atoms with Crippen LogP contribution in [0.15, 0.2) is 18.2 Å².